The lowest BCUT2D eigenvalue weighted by molar-refractivity contribution is 0.320. The first-order valence-electron chi connectivity index (χ1n) is 6.65. The van der Waals surface area contributed by atoms with Crippen LogP contribution in [0, 0.1) is 5.92 Å². The van der Waals surface area contributed by atoms with Crippen LogP contribution in [0.5, 0.6) is 0 Å². The monoisotopic (exact) mass is 319 g/mol. The Bertz CT molecular complexity index is 589. The zero-order valence-electron chi connectivity index (χ0n) is 11.0. The Kier molecular flexibility index (Phi) is 3.56. The fraction of sp³-hybridized carbons (Fsp3) is 0.400. The van der Waals surface area contributed by atoms with Gasteiger partial charge in [0.05, 0.1) is 5.52 Å². The highest BCUT2D eigenvalue weighted by Gasteiger charge is 2.26. The zero-order valence-corrected chi connectivity index (χ0v) is 12.6. The van der Waals surface area contributed by atoms with Crippen LogP contribution in [0.4, 0.5) is 0 Å². The van der Waals surface area contributed by atoms with Crippen molar-refractivity contribution in [3.63, 3.8) is 0 Å². The summed E-state index contributed by atoms with van der Waals surface area (Å²) < 4.78 is 1.10. The van der Waals surface area contributed by atoms with Gasteiger partial charge >= 0.3 is 0 Å². The molecule has 0 saturated carbocycles. The van der Waals surface area contributed by atoms with Gasteiger partial charge in [-0.3, -0.25) is 9.88 Å². The summed E-state index contributed by atoms with van der Waals surface area (Å²) in [5.41, 5.74) is 8.46. The first-order valence-corrected chi connectivity index (χ1v) is 7.44. The third-order valence-corrected chi connectivity index (χ3v) is 4.63. The summed E-state index contributed by atoms with van der Waals surface area (Å²) in [5, 5.41) is 1.18. The molecule has 1 aromatic carbocycles. The second-order valence-electron chi connectivity index (χ2n) is 5.44. The summed E-state index contributed by atoms with van der Waals surface area (Å²) in [6.07, 6.45) is 1.86. The molecule has 1 aliphatic rings. The van der Waals surface area contributed by atoms with Crippen LogP contribution < -0.4 is 5.73 Å². The molecule has 4 heteroatoms. The molecule has 0 bridgehead atoms. The number of nitrogens with zero attached hydrogens (tertiary/aromatic N) is 2. The molecule has 19 heavy (non-hydrogen) atoms. The molecule has 0 spiro atoms. The molecule has 1 aliphatic heterocycles. The second kappa shape index (κ2) is 5.19. The number of aromatic nitrogens is 1. The van der Waals surface area contributed by atoms with Crippen molar-refractivity contribution >= 4 is 26.8 Å². The van der Waals surface area contributed by atoms with E-state index >= 15 is 0 Å². The molecule has 0 aliphatic carbocycles. The number of fused-ring (bicyclic) bond motifs is 1. The summed E-state index contributed by atoms with van der Waals surface area (Å²) in [6.45, 7) is 5.21. The van der Waals surface area contributed by atoms with Gasteiger partial charge in [-0.05, 0) is 23.6 Å². The average Bonchev–Trinajstić information content (AvgIpc) is 2.72. The molecule has 2 heterocycles. The molecular weight excluding hydrogens is 302 g/mol. The number of nitrogens with two attached hydrogens (primary N) is 1. The van der Waals surface area contributed by atoms with E-state index in [9.17, 15) is 0 Å². The van der Waals surface area contributed by atoms with Crippen molar-refractivity contribution in [2.45, 2.75) is 19.5 Å². The van der Waals surface area contributed by atoms with E-state index in [0.717, 1.165) is 29.6 Å². The molecule has 0 amide bonds. The molecule has 0 radical (unpaired) electrons. The standard InChI is InChI=1S/C15H18BrN3/c1-10-7-19(9-14(10)17)8-11-4-5-13(16)12-3-2-6-18-15(11)12/h2-6,10,14H,7-9,17H2,1H3. The maximum absolute atomic E-state index is 6.09. The molecule has 2 unspecified atom stereocenters. The lowest BCUT2D eigenvalue weighted by atomic mass is 10.1. The third-order valence-electron chi connectivity index (χ3n) is 3.94. The van der Waals surface area contributed by atoms with Crippen molar-refractivity contribution in [3.05, 3.63) is 40.5 Å². The van der Waals surface area contributed by atoms with E-state index < -0.39 is 0 Å². The number of benzene rings is 1. The average molecular weight is 320 g/mol. The largest absolute Gasteiger partial charge is 0.326 e. The Morgan fingerprint density at radius 3 is 2.95 bits per heavy atom. The molecule has 2 atom stereocenters. The minimum Gasteiger partial charge on any atom is -0.326 e. The van der Waals surface area contributed by atoms with Crippen molar-refractivity contribution in [2.75, 3.05) is 13.1 Å². The number of likely N-dealkylation sites (tertiary alicyclic amines) is 1. The fourth-order valence-corrected chi connectivity index (χ4v) is 3.24. The molecule has 1 aromatic heterocycles. The Morgan fingerprint density at radius 2 is 2.21 bits per heavy atom. The first kappa shape index (κ1) is 13.0. The van der Waals surface area contributed by atoms with Crippen LogP contribution >= 0.6 is 15.9 Å². The highest BCUT2D eigenvalue weighted by atomic mass is 79.9. The molecule has 2 N–H and O–H groups in total. The van der Waals surface area contributed by atoms with Gasteiger partial charge in [-0.25, -0.2) is 0 Å². The summed E-state index contributed by atoms with van der Waals surface area (Å²) in [7, 11) is 0. The van der Waals surface area contributed by atoms with Crippen molar-refractivity contribution in [2.24, 2.45) is 11.7 Å². The van der Waals surface area contributed by atoms with Gasteiger partial charge in [0.25, 0.3) is 0 Å². The zero-order chi connectivity index (χ0) is 13.4. The minimum absolute atomic E-state index is 0.301. The lowest BCUT2D eigenvalue weighted by Crippen LogP contribution is -2.28. The van der Waals surface area contributed by atoms with Crippen molar-refractivity contribution < 1.29 is 0 Å². The van der Waals surface area contributed by atoms with E-state index in [4.69, 9.17) is 5.73 Å². The van der Waals surface area contributed by atoms with Gasteiger partial charge in [0.1, 0.15) is 0 Å². The van der Waals surface area contributed by atoms with Gasteiger partial charge in [-0.2, -0.15) is 0 Å². The summed E-state index contributed by atoms with van der Waals surface area (Å²) >= 11 is 3.59. The SMILES string of the molecule is CC1CN(Cc2ccc(Br)c3cccnc23)CC1N. The molecule has 3 nitrogen and oxygen atoms in total. The smallest absolute Gasteiger partial charge is 0.0758 e. The summed E-state index contributed by atoms with van der Waals surface area (Å²) in [6, 6.07) is 8.65. The minimum atomic E-state index is 0.301. The van der Waals surface area contributed by atoms with E-state index in [1.807, 2.05) is 12.3 Å². The maximum atomic E-state index is 6.09. The first-order chi connectivity index (χ1) is 9.15. The predicted octanol–water partition coefficient (Wildman–Crippen LogP) is 2.78. The van der Waals surface area contributed by atoms with E-state index in [-0.39, 0.29) is 0 Å². The molecule has 100 valence electrons. The van der Waals surface area contributed by atoms with Gasteiger partial charge in [-0.1, -0.05) is 35.0 Å². The number of hydrogen-bond donors (Lipinski definition) is 1. The third kappa shape index (κ3) is 2.53. The van der Waals surface area contributed by atoms with Gasteiger partial charge in [-0.15, -0.1) is 0 Å². The van der Waals surface area contributed by atoms with Crippen LogP contribution in [0.2, 0.25) is 0 Å². The maximum Gasteiger partial charge on any atom is 0.0758 e. The molecule has 1 fully saturated rings. The normalized spacial score (nSPS) is 24.2. The van der Waals surface area contributed by atoms with Crippen molar-refractivity contribution in [1.82, 2.24) is 9.88 Å². The Labute approximate surface area is 121 Å². The van der Waals surface area contributed by atoms with Crippen molar-refractivity contribution in [1.29, 1.82) is 0 Å². The number of halogens is 1. The number of hydrogen-bond acceptors (Lipinski definition) is 3. The van der Waals surface area contributed by atoms with E-state index in [0.29, 0.717) is 12.0 Å². The lowest BCUT2D eigenvalue weighted by Gasteiger charge is -2.16. The van der Waals surface area contributed by atoms with Crippen LogP contribution in [0.15, 0.2) is 34.9 Å². The Hall–Kier alpha value is -0.970. The van der Waals surface area contributed by atoms with E-state index in [1.165, 1.54) is 10.9 Å². The van der Waals surface area contributed by atoms with Crippen molar-refractivity contribution in [3.8, 4) is 0 Å². The topological polar surface area (TPSA) is 42.2 Å². The van der Waals surface area contributed by atoms with Crippen LogP contribution in [0.3, 0.4) is 0 Å². The van der Waals surface area contributed by atoms with E-state index in [1.54, 1.807) is 0 Å². The summed E-state index contributed by atoms with van der Waals surface area (Å²) in [5.74, 6) is 0.578. The van der Waals surface area contributed by atoms with Crippen LogP contribution in [-0.2, 0) is 6.54 Å². The van der Waals surface area contributed by atoms with Gasteiger partial charge < -0.3 is 5.73 Å². The quantitative estimate of drug-likeness (QED) is 0.925. The van der Waals surface area contributed by atoms with E-state index in [2.05, 4.69) is 50.9 Å². The summed E-state index contributed by atoms with van der Waals surface area (Å²) in [4.78, 5) is 6.96. The Balaban J connectivity index is 1.92. The number of rotatable bonds is 2. The predicted molar refractivity (Wildman–Crippen MR) is 81.9 cm³/mol. The van der Waals surface area contributed by atoms with Gasteiger partial charge in [0, 0.05) is 41.7 Å². The highest BCUT2D eigenvalue weighted by Crippen LogP contribution is 2.27. The van der Waals surface area contributed by atoms with Crippen LogP contribution in [0.1, 0.15) is 12.5 Å². The van der Waals surface area contributed by atoms with Gasteiger partial charge in [0.15, 0.2) is 0 Å². The van der Waals surface area contributed by atoms with Crippen LogP contribution in [-0.4, -0.2) is 29.0 Å². The molecule has 1 saturated heterocycles. The van der Waals surface area contributed by atoms with Gasteiger partial charge in [0.2, 0.25) is 0 Å². The van der Waals surface area contributed by atoms with Crippen LogP contribution in [0.25, 0.3) is 10.9 Å². The molecule has 3 rings (SSSR count). The highest BCUT2D eigenvalue weighted by molar-refractivity contribution is 9.10. The fourth-order valence-electron chi connectivity index (χ4n) is 2.79. The second-order valence-corrected chi connectivity index (χ2v) is 6.30. The molecular formula is C15H18BrN3. The number of pyridine rings is 1. The molecule has 2 aromatic rings. The Morgan fingerprint density at radius 1 is 1.37 bits per heavy atom.